The lowest BCUT2D eigenvalue weighted by Crippen LogP contribution is -2.23. The van der Waals surface area contributed by atoms with Gasteiger partial charge in [0.15, 0.2) is 5.16 Å². The fraction of sp³-hybridized carbons (Fsp3) is 0.500. The summed E-state index contributed by atoms with van der Waals surface area (Å²) in [7, 11) is 0. The Morgan fingerprint density at radius 3 is 2.63 bits per heavy atom. The standard InChI is InChI=1S/C18H19F3N4OS/c1-10(16(26)22-13-4-2-3-12(9-13)18(19,20)21)27-17-24-23-15(11-5-6-11)25(17)14-7-8-14/h2-4,9-11,14H,5-8H2,1H3,(H,22,26). The minimum atomic E-state index is -4.44. The molecule has 1 heterocycles. The van der Waals surface area contributed by atoms with Crippen LogP contribution >= 0.6 is 11.8 Å². The van der Waals surface area contributed by atoms with E-state index in [1.54, 1.807) is 6.92 Å². The highest BCUT2D eigenvalue weighted by molar-refractivity contribution is 8.00. The predicted molar refractivity (Wildman–Crippen MR) is 95.7 cm³/mol. The monoisotopic (exact) mass is 396 g/mol. The van der Waals surface area contributed by atoms with Crippen molar-refractivity contribution in [3.63, 3.8) is 0 Å². The topological polar surface area (TPSA) is 59.8 Å². The van der Waals surface area contributed by atoms with Gasteiger partial charge in [0.1, 0.15) is 5.82 Å². The molecule has 1 aromatic heterocycles. The van der Waals surface area contributed by atoms with Crippen LogP contribution in [0.15, 0.2) is 29.4 Å². The van der Waals surface area contributed by atoms with Gasteiger partial charge < -0.3 is 9.88 Å². The molecule has 9 heteroatoms. The number of amides is 1. The third-order valence-corrected chi connectivity index (χ3v) is 5.71. The van der Waals surface area contributed by atoms with E-state index in [4.69, 9.17) is 0 Å². The molecule has 27 heavy (non-hydrogen) atoms. The van der Waals surface area contributed by atoms with Crippen LogP contribution in [0.1, 0.15) is 56.0 Å². The Hall–Kier alpha value is -2.03. The third kappa shape index (κ3) is 4.12. The van der Waals surface area contributed by atoms with Crippen LogP contribution in [0.25, 0.3) is 0 Å². The number of benzene rings is 1. The van der Waals surface area contributed by atoms with E-state index in [1.165, 1.54) is 23.9 Å². The lowest BCUT2D eigenvalue weighted by molar-refractivity contribution is -0.137. The van der Waals surface area contributed by atoms with Crippen LogP contribution in [-0.2, 0) is 11.0 Å². The Morgan fingerprint density at radius 1 is 1.26 bits per heavy atom. The zero-order valence-electron chi connectivity index (χ0n) is 14.7. The zero-order valence-corrected chi connectivity index (χ0v) is 15.5. The number of rotatable bonds is 6. The fourth-order valence-corrected chi connectivity index (χ4v) is 3.82. The van der Waals surface area contributed by atoms with Gasteiger partial charge in [0.25, 0.3) is 0 Å². The molecule has 2 aromatic rings. The summed E-state index contributed by atoms with van der Waals surface area (Å²) in [5.74, 6) is 1.12. The molecule has 1 amide bonds. The zero-order chi connectivity index (χ0) is 19.2. The van der Waals surface area contributed by atoms with Gasteiger partial charge in [-0.2, -0.15) is 13.2 Å². The van der Waals surface area contributed by atoms with Crippen LogP contribution in [0, 0.1) is 0 Å². The molecule has 2 aliphatic rings. The Balaban J connectivity index is 1.45. The van der Waals surface area contributed by atoms with Crippen molar-refractivity contribution in [2.75, 3.05) is 5.32 Å². The number of carbonyl (C=O) groups is 1. The molecule has 0 saturated heterocycles. The largest absolute Gasteiger partial charge is 0.416 e. The predicted octanol–water partition coefficient (Wildman–Crippen LogP) is 4.63. The van der Waals surface area contributed by atoms with E-state index in [1.807, 2.05) is 0 Å². The summed E-state index contributed by atoms with van der Waals surface area (Å²) in [6.07, 6.45) is -0.00449. The van der Waals surface area contributed by atoms with Crippen molar-refractivity contribution in [1.82, 2.24) is 14.8 Å². The van der Waals surface area contributed by atoms with Gasteiger partial charge in [-0.3, -0.25) is 4.79 Å². The van der Waals surface area contributed by atoms with E-state index in [-0.39, 0.29) is 11.6 Å². The van der Waals surface area contributed by atoms with Crippen molar-refractivity contribution >= 4 is 23.4 Å². The summed E-state index contributed by atoms with van der Waals surface area (Å²) in [6, 6.07) is 5.06. The minimum Gasteiger partial charge on any atom is -0.325 e. The normalized spacial score (nSPS) is 18.4. The summed E-state index contributed by atoms with van der Waals surface area (Å²) in [5, 5.41) is 11.3. The first kappa shape index (κ1) is 18.3. The first-order chi connectivity index (χ1) is 12.8. The molecule has 144 valence electrons. The molecule has 5 nitrogen and oxygen atoms in total. The smallest absolute Gasteiger partial charge is 0.325 e. The average molecular weight is 396 g/mol. The number of hydrogen-bond donors (Lipinski definition) is 1. The molecule has 0 aliphatic heterocycles. The van der Waals surface area contributed by atoms with Gasteiger partial charge in [-0.05, 0) is 50.8 Å². The summed E-state index contributed by atoms with van der Waals surface area (Å²) in [5.41, 5.74) is -0.659. The minimum absolute atomic E-state index is 0.129. The van der Waals surface area contributed by atoms with Crippen molar-refractivity contribution in [3.05, 3.63) is 35.7 Å². The van der Waals surface area contributed by atoms with Crippen LogP contribution < -0.4 is 5.32 Å². The number of carbonyl (C=O) groups excluding carboxylic acids is 1. The molecule has 1 aromatic carbocycles. The molecular weight excluding hydrogens is 377 g/mol. The number of alkyl halides is 3. The van der Waals surface area contributed by atoms with E-state index in [2.05, 4.69) is 20.1 Å². The SMILES string of the molecule is CC(Sc1nnc(C2CC2)n1C1CC1)C(=O)Nc1cccc(C(F)(F)F)c1. The van der Waals surface area contributed by atoms with Crippen molar-refractivity contribution in [2.45, 2.75) is 61.1 Å². The Kier molecular flexibility index (Phi) is 4.65. The fourth-order valence-electron chi connectivity index (χ4n) is 2.89. The maximum atomic E-state index is 12.8. The molecule has 2 saturated carbocycles. The molecule has 1 unspecified atom stereocenters. The third-order valence-electron chi connectivity index (χ3n) is 4.65. The van der Waals surface area contributed by atoms with Gasteiger partial charge in [0, 0.05) is 17.6 Å². The maximum Gasteiger partial charge on any atom is 0.416 e. The van der Waals surface area contributed by atoms with Crippen molar-refractivity contribution in [1.29, 1.82) is 0 Å². The number of anilines is 1. The van der Waals surface area contributed by atoms with Crippen LogP contribution in [0.3, 0.4) is 0 Å². The molecule has 1 N–H and O–H groups in total. The summed E-state index contributed by atoms with van der Waals surface area (Å²) >= 11 is 1.30. The van der Waals surface area contributed by atoms with Crippen molar-refractivity contribution in [2.24, 2.45) is 0 Å². The molecule has 0 radical (unpaired) electrons. The number of hydrogen-bond acceptors (Lipinski definition) is 4. The van der Waals surface area contributed by atoms with Crippen LogP contribution in [-0.4, -0.2) is 25.9 Å². The van der Waals surface area contributed by atoms with Gasteiger partial charge in [-0.1, -0.05) is 17.8 Å². The molecule has 0 bridgehead atoms. The highest BCUT2D eigenvalue weighted by atomic mass is 32.2. The molecule has 0 spiro atoms. The van der Waals surface area contributed by atoms with E-state index in [9.17, 15) is 18.0 Å². The van der Waals surface area contributed by atoms with Gasteiger partial charge in [-0.15, -0.1) is 10.2 Å². The van der Waals surface area contributed by atoms with E-state index in [0.717, 1.165) is 43.6 Å². The van der Waals surface area contributed by atoms with Gasteiger partial charge in [0.05, 0.1) is 10.8 Å². The Bertz CT molecular complexity index is 859. The highest BCUT2D eigenvalue weighted by Gasteiger charge is 2.37. The van der Waals surface area contributed by atoms with Gasteiger partial charge in [-0.25, -0.2) is 0 Å². The number of nitrogens with zero attached hydrogens (tertiary/aromatic N) is 3. The quantitative estimate of drug-likeness (QED) is 0.724. The Morgan fingerprint density at radius 2 is 2.00 bits per heavy atom. The van der Waals surface area contributed by atoms with E-state index >= 15 is 0 Å². The molecule has 2 aliphatic carbocycles. The lowest BCUT2D eigenvalue weighted by Gasteiger charge is -2.14. The molecular formula is C18H19F3N4OS. The van der Waals surface area contributed by atoms with Crippen molar-refractivity contribution in [3.8, 4) is 0 Å². The maximum absolute atomic E-state index is 12.8. The first-order valence-corrected chi connectivity index (χ1v) is 9.80. The highest BCUT2D eigenvalue weighted by Crippen LogP contribution is 2.46. The first-order valence-electron chi connectivity index (χ1n) is 8.92. The van der Waals surface area contributed by atoms with E-state index < -0.39 is 17.0 Å². The second-order valence-electron chi connectivity index (χ2n) is 7.04. The van der Waals surface area contributed by atoms with E-state index in [0.29, 0.717) is 17.1 Å². The summed E-state index contributed by atoms with van der Waals surface area (Å²) in [4.78, 5) is 12.5. The molecule has 4 rings (SSSR count). The number of nitrogens with one attached hydrogen (secondary N) is 1. The number of thioether (sulfide) groups is 1. The van der Waals surface area contributed by atoms with Crippen molar-refractivity contribution < 1.29 is 18.0 Å². The molecule has 1 atom stereocenters. The van der Waals surface area contributed by atoms with Crippen LogP contribution in [0.5, 0.6) is 0 Å². The average Bonchev–Trinajstić information content (AvgIpc) is 3.53. The number of halogens is 3. The second-order valence-corrected chi connectivity index (χ2v) is 8.35. The summed E-state index contributed by atoms with van der Waals surface area (Å²) in [6.45, 7) is 1.72. The van der Waals surface area contributed by atoms with Gasteiger partial charge >= 0.3 is 6.18 Å². The van der Waals surface area contributed by atoms with Crippen LogP contribution in [0.4, 0.5) is 18.9 Å². The second kappa shape index (κ2) is 6.85. The lowest BCUT2D eigenvalue weighted by atomic mass is 10.2. The Labute approximate surface area is 158 Å². The number of aromatic nitrogens is 3. The summed E-state index contributed by atoms with van der Waals surface area (Å²) < 4.78 is 40.6. The van der Waals surface area contributed by atoms with Gasteiger partial charge in [0.2, 0.25) is 5.91 Å². The molecule has 2 fully saturated rings. The van der Waals surface area contributed by atoms with Crippen LogP contribution in [0.2, 0.25) is 0 Å².